The molecule has 0 N–H and O–H groups in total. The Morgan fingerprint density at radius 3 is 1.57 bits per heavy atom. The molecule has 0 radical (unpaired) electrons. The molecule has 0 saturated heterocycles. The maximum Gasteiger partial charge on any atom is 0.0264 e. The van der Waals surface area contributed by atoms with Crippen LogP contribution in [0.1, 0.15) is 96.8 Å². The van der Waals surface area contributed by atoms with Crippen molar-refractivity contribution in [2.75, 3.05) is 0 Å². The first-order valence-electron chi connectivity index (χ1n) is 9.09. The Balaban J connectivity index is 3.67. The lowest BCUT2D eigenvalue weighted by atomic mass is 9.91. The second-order valence-corrected chi connectivity index (χ2v) is 8.07. The van der Waals surface area contributed by atoms with Crippen molar-refractivity contribution in [1.82, 2.24) is 0 Å². The Morgan fingerprint density at radius 2 is 1.14 bits per heavy atom. The van der Waals surface area contributed by atoms with E-state index in [1.54, 1.807) is 0 Å². The van der Waals surface area contributed by atoms with Crippen molar-refractivity contribution in [3.05, 3.63) is 25.3 Å². The minimum atomic E-state index is 0.316. The molecule has 0 amide bonds. The quantitative estimate of drug-likeness (QED) is 0.149. The predicted octanol–water partition coefficient (Wildman–Crippen LogP) is 7.97. The number of unbranched alkanes of at least 4 members (excludes halogenated alkanes) is 8. The van der Waals surface area contributed by atoms with Crippen LogP contribution in [0.25, 0.3) is 0 Å². The molecular formula is C20H37Br. The topological polar surface area (TPSA) is 0 Å². The molecule has 0 nitrogen and oxygen atoms in total. The van der Waals surface area contributed by atoms with Gasteiger partial charge < -0.3 is 0 Å². The molecule has 0 bridgehead atoms. The van der Waals surface area contributed by atoms with Crippen LogP contribution in [0.2, 0.25) is 0 Å². The average molecular weight is 357 g/mol. The lowest BCUT2D eigenvalue weighted by Gasteiger charge is -2.27. The van der Waals surface area contributed by atoms with Gasteiger partial charge in [-0.3, -0.25) is 0 Å². The van der Waals surface area contributed by atoms with E-state index in [0.29, 0.717) is 4.32 Å². The van der Waals surface area contributed by atoms with Gasteiger partial charge in [-0.2, -0.15) is 0 Å². The summed E-state index contributed by atoms with van der Waals surface area (Å²) in [6, 6.07) is 0. The highest BCUT2D eigenvalue weighted by Crippen LogP contribution is 2.35. The lowest BCUT2D eigenvalue weighted by molar-refractivity contribution is 0.453. The second-order valence-electron chi connectivity index (χ2n) is 6.38. The summed E-state index contributed by atoms with van der Waals surface area (Å²) in [5, 5.41) is 0. The molecule has 0 aliphatic heterocycles. The smallest absolute Gasteiger partial charge is 0.0264 e. The summed E-state index contributed by atoms with van der Waals surface area (Å²) < 4.78 is 0.316. The number of allylic oxidation sites excluding steroid dienone is 2. The summed E-state index contributed by atoms with van der Waals surface area (Å²) in [5.74, 6) is 0. The zero-order valence-electron chi connectivity index (χ0n) is 14.3. The molecule has 0 atom stereocenters. The summed E-state index contributed by atoms with van der Waals surface area (Å²) in [7, 11) is 0. The number of hydrogen-bond donors (Lipinski definition) is 0. The highest BCUT2D eigenvalue weighted by atomic mass is 79.9. The molecule has 0 spiro atoms. The van der Waals surface area contributed by atoms with Gasteiger partial charge in [-0.1, -0.05) is 92.8 Å². The SMILES string of the molecule is C=CCCC(Br)(CCC=C)CCCCCCCCCCC. The van der Waals surface area contributed by atoms with Crippen LogP contribution in [0.3, 0.4) is 0 Å². The Labute approximate surface area is 142 Å². The normalized spacial score (nSPS) is 11.5. The first-order chi connectivity index (χ1) is 10.2. The van der Waals surface area contributed by atoms with Crippen molar-refractivity contribution in [3.8, 4) is 0 Å². The zero-order chi connectivity index (χ0) is 15.8. The van der Waals surface area contributed by atoms with Gasteiger partial charge in [0, 0.05) is 4.32 Å². The third-order valence-electron chi connectivity index (χ3n) is 4.32. The minimum absolute atomic E-state index is 0.316. The molecular weight excluding hydrogens is 320 g/mol. The lowest BCUT2D eigenvalue weighted by Crippen LogP contribution is -2.20. The Kier molecular flexibility index (Phi) is 14.9. The van der Waals surface area contributed by atoms with Gasteiger partial charge in [0.05, 0.1) is 0 Å². The van der Waals surface area contributed by atoms with Gasteiger partial charge in [-0.25, -0.2) is 0 Å². The van der Waals surface area contributed by atoms with E-state index in [0.717, 1.165) is 12.8 Å². The van der Waals surface area contributed by atoms with Crippen molar-refractivity contribution in [1.29, 1.82) is 0 Å². The summed E-state index contributed by atoms with van der Waals surface area (Å²) in [4.78, 5) is 0. The van der Waals surface area contributed by atoms with E-state index in [9.17, 15) is 0 Å². The maximum atomic E-state index is 4.00. The van der Waals surface area contributed by atoms with Crippen molar-refractivity contribution in [3.63, 3.8) is 0 Å². The standard InChI is InChI=1S/C20H37Br/c1-4-7-10-11-12-13-14-15-16-19-20(21,17-8-5-2)18-9-6-3/h5-6H,2-4,7-19H2,1H3. The zero-order valence-corrected chi connectivity index (χ0v) is 15.9. The molecule has 0 aromatic carbocycles. The van der Waals surface area contributed by atoms with Crippen LogP contribution < -0.4 is 0 Å². The minimum Gasteiger partial charge on any atom is -0.103 e. The highest BCUT2D eigenvalue weighted by Gasteiger charge is 2.24. The van der Waals surface area contributed by atoms with E-state index in [4.69, 9.17) is 0 Å². The van der Waals surface area contributed by atoms with Crippen LogP contribution in [0.15, 0.2) is 25.3 Å². The van der Waals surface area contributed by atoms with Crippen molar-refractivity contribution in [2.24, 2.45) is 0 Å². The Morgan fingerprint density at radius 1 is 0.714 bits per heavy atom. The van der Waals surface area contributed by atoms with Crippen LogP contribution in [0, 0.1) is 0 Å². The largest absolute Gasteiger partial charge is 0.103 e. The fourth-order valence-corrected chi connectivity index (χ4v) is 3.59. The molecule has 0 aliphatic rings. The first-order valence-corrected chi connectivity index (χ1v) is 9.88. The highest BCUT2D eigenvalue weighted by molar-refractivity contribution is 9.10. The maximum absolute atomic E-state index is 4.00. The third kappa shape index (κ3) is 13.4. The van der Waals surface area contributed by atoms with Crippen LogP contribution in [-0.2, 0) is 0 Å². The summed E-state index contributed by atoms with van der Waals surface area (Å²) in [5.41, 5.74) is 0. The van der Waals surface area contributed by atoms with Crippen LogP contribution in [0.5, 0.6) is 0 Å². The van der Waals surface area contributed by atoms with Gasteiger partial charge >= 0.3 is 0 Å². The summed E-state index contributed by atoms with van der Waals surface area (Å²) >= 11 is 4.00. The number of hydrogen-bond acceptors (Lipinski definition) is 0. The molecule has 0 aromatic heterocycles. The molecule has 0 rings (SSSR count). The van der Waals surface area contributed by atoms with Crippen LogP contribution in [-0.4, -0.2) is 4.32 Å². The molecule has 0 fully saturated rings. The molecule has 0 heterocycles. The second kappa shape index (κ2) is 14.9. The molecule has 124 valence electrons. The van der Waals surface area contributed by atoms with E-state index >= 15 is 0 Å². The Hall–Kier alpha value is -0.0400. The van der Waals surface area contributed by atoms with Gasteiger partial charge in [0.2, 0.25) is 0 Å². The molecule has 0 aliphatic carbocycles. The Bertz CT molecular complexity index is 232. The van der Waals surface area contributed by atoms with E-state index in [1.165, 1.54) is 77.0 Å². The van der Waals surface area contributed by atoms with E-state index in [1.807, 2.05) is 12.2 Å². The average Bonchev–Trinajstić information content (AvgIpc) is 2.49. The number of alkyl halides is 1. The predicted molar refractivity (Wildman–Crippen MR) is 102 cm³/mol. The van der Waals surface area contributed by atoms with Crippen molar-refractivity contribution in [2.45, 2.75) is 101 Å². The fourth-order valence-electron chi connectivity index (χ4n) is 2.85. The van der Waals surface area contributed by atoms with Gasteiger partial charge in [0.15, 0.2) is 0 Å². The van der Waals surface area contributed by atoms with E-state index < -0.39 is 0 Å². The van der Waals surface area contributed by atoms with Gasteiger partial charge in [-0.15, -0.1) is 13.2 Å². The van der Waals surface area contributed by atoms with Crippen LogP contribution >= 0.6 is 15.9 Å². The first kappa shape index (κ1) is 21.0. The molecule has 0 aromatic rings. The van der Waals surface area contributed by atoms with E-state index in [-0.39, 0.29) is 0 Å². The molecule has 0 unspecified atom stereocenters. The fraction of sp³-hybridized carbons (Fsp3) is 0.800. The van der Waals surface area contributed by atoms with Crippen LogP contribution in [0.4, 0.5) is 0 Å². The molecule has 1 heteroatoms. The third-order valence-corrected chi connectivity index (χ3v) is 5.51. The van der Waals surface area contributed by atoms with Crippen molar-refractivity contribution < 1.29 is 0 Å². The van der Waals surface area contributed by atoms with Gasteiger partial charge in [0.25, 0.3) is 0 Å². The number of rotatable bonds is 16. The van der Waals surface area contributed by atoms with Crippen molar-refractivity contribution >= 4 is 15.9 Å². The van der Waals surface area contributed by atoms with E-state index in [2.05, 4.69) is 36.0 Å². The monoisotopic (exact) mass is 356 g/mol. The van der Waals surface area contributed by atoms with Gasteiger partial charge in [0.1, 0.15) is 0 Å². The summed E-state index contributed by atoms with van der Waals surface area (Å²) in [6.07, 6.45) is 22.7. The molecule has 0 saturated carbocycles. The van der Waals surface area contributed by atoms with Gasteiger partial charge in [-0.05, 0) is 32.1 Å². The number of halogens is 1. The summed E-state index contributed by atoms with van der Waals surface area (Å²) in [6.45, 7) is 9.99. The molecule has 21 heavy (non-hydrogen) atoms.